The van der Waals surface area contributed by atoms with E-state index in [1.54, 1.807) is 53.7 Å². The number of hydrogen-bond donors (Lipinski definition) is 2. The normalized spacial score (nSPS) is 12.1. The molecular formula is C68H84Cl4N2O11. The highest BCUT2D eigenvalue weighted by atomic mass is 35.5. The van der Waals surface area contributed by atoms with E-state index in [9.17, 15) is 29.4 Å². The molecular weight excluding hydrogens is 1160 g/mol. The number of phenols is 1. The molecule has 0 aliphatic heterocycles. The molecule has 0 spiro atoms. The predicted molar refractivity (Wildman–Crippen MR) is 340 cm³/mol. The molecule has 0 aliphatic rings. The van der Waals surface area contributed by atoms with E-state index in [1.807, 2.05) is 84.9 Å². The molecule has 85 heavy (non-hydrogen) atoms. The molecule has 6 rings (SSSR count). The first-order valence-corrected chi connectivity index (χ1v) is 29.9. The fourth-order valence-electron chi connectivity index (χ4n) is 8.96. The monoisotopic (exact) mass is 1240 g/mol. The molecule has 0 radical (unpaired) electrons. The largest absolute Gasteiger partial charge is 0.508 e. The number of methoxy groups -OCH3 is 2. The molecule has 0 saturated heterocycles. The number of aromatic hydroxyl groups is 1. The zero-order valence-corrected chi connectivity index (χ0v) is 53.6. The van der Waals surface area contributed by atoms with Crippen LogP contribution in [-0.2, 0) is 51.0 Å². The number of benzene rings is 6. The summed E-state index contributed by atoms with van der Waals surface area (Å²) in [5, 5.41) is 21.5. The second kappa shape index (κ2) is 36.1. The SMILES string of the molecule is CN(CCCc1ccc(O)cc1)CC(c1ccc(Cl)cc1)c1ccc(Cl)cc1.COC(=O)C(CCC(=O)OC(C)(C)C)Oc1ccc(CCCN(C)CC(c2ccc(Cl)cc2)c2ccc(Cl)cc2)cc1.COC(=O)C(O)CCC(=O)OC(C)(C)C. The minimum Gasteiger partial charge on any atom is -0.508 e. The number of halogens is 4. The van der Waals surface area contributed by atoms with E-state index >= 15 is 0 Å². The Morgan fingerprint density at radius 2 is 0.812 bits per heavy atom. The Morgan fingerprint density at radius 1 is 0.482 bits per heavy atom. The van der Waals surface area contributed by atoms with Crippen molar-refractivity contribution in [2.75, 3.05) is 54.5 Å². The summed E-state index contributed by atoms with van der Waals surface area (Å²) >= 11 is 24.4. The average Bonchev–Trinajstić information content (AvgIpc) is 3.59. The third kappa shape index (κ3) is 28.3. The third-order valence-electron chi connectivity index (χ3n) is 13.2. The van der Waals surface area contributed by atoms with Crippen LogP contribution in [0.1, 0.15) is 125 Å². The number of phenolic OH excluding ortho intramolecular Hbond substituents is 1. The van der Waals surface area contributed by atoms with Crippen LogP contribution in [0.2, 0.25) is 20.1 Å². The number of ether oxygens (including phenoxy) is 5. The van der Waals surface area contributed by atoms with Crippen molar-refractivity contribution in [1.82, 2.24) is 9.80 Å². The number of nitrogens with zero attached hydrogens (tertiary/aromatic N) is 2. The summed E-state index contributed by atoms with van der Waals surface area (Å²) in [7, 11) is 6.79. The summed E-state index contributed by atoms with van der Waals surface area (Å²) in [5.41, 5.74) is 6.20. The van der Waals surface area contributed by atoms with Crippen LogP contribution in [0, 0.1) is 0 Å². The van der Waals surface area contributed by atoms with E-state index < -0.39 is 41.3 Å². The number of rotatable bonds is 26. The molecule has 17 heteroatoms. The Labute approximate surface area is 523 Å². The number of aryl methyl sites for hydroxylation is 2. The third-order valence-corrected chi connectivity index (χ3v) is 14.2. The van der Waals surface area contributed by atoms with E-state index in [-0.39, 0.29) is 43.5 Å². The fourth-order valence-corrected chi connectivity index (χ4v) is 9.46. The van der Waals surface area contributed by atoms with E-state index in [4.69, 9.17) is 65.4 Å². The molecule has 460 valence electrons. The topological polar surface area (TPSA) is 161 Å². The second-order valence-electron chi connectivity index (χ2n) is 22.8. The first kappa shape index (κ1) is 71.3. The maximum atomic E-state index is 12.3. The van der Waals surface area contributed by atoms with Gasteiger partial charge < -0.3 is 43.7 Å². The molecule has 0 aliphatic carbocycles. The Morgan fingerprint density at radius 3 is 1.14 bits per heavy atom. The maximum Gasteiger partial charge on any atom is 0.347 e. The number of likely N-dealkylation sites (N-methyl/N-ethyl adjacent to an activating group) is 2. The Hall–Kier alpha value is -6.16. The van der Waals surface area contributed by atoms with Crippen molar-refractivity contribution in [3.05, 3.63) is 199 Å². The lowest BCUT2D eigenvalue weighted by Crippen LogP contribution is -2.31. The van der Waals surface area contributed by atoms with Crippen LogP contribution in [0.25, 0.3) is 0 Å². The van der Waals surface area contributed by atoms with Gasteiger partial charge in [-0.3, -0.25) is 9.59 Å². The number of esters is 4. The lowest BCUT2D eigenvalue weighted by molar-refractivity contribution is -0.158. The summed E-state index contributed by atoms with van der Waals surface area (Å²) in [4.78, 5) is 51.0. The smallest absolute Gasteiger partial charge is 0.347 e. The van der Waals surface area contributed by atoms with Gasteiger partial charge in [-0.15, -0.1) is 0 Å². The van der Waals surface area contributed by atoms with Gasteiger partial charge in [-0.05, 0) is 207 Å². The van der Waals surface area contributed by atoms with Crippen molar-refractivity contribution in [2.24, 2.45) is 0 Å². The van der Waals surface area contributed by atoms with Crippen LogP contribution in [0.4, 0.5) is 0 Å². The predicted octanol–water partition coefficient (Wildman–Crippen LogP) is 14.8. The molecule has 13 nitrogen and oxygen atoms in total. The van der Waals surface area contributed by atoms with Crippen LogP contribution in [-0.4, -0.2) is 122 Å². The summed E-state index contributed by atoms with van der Waals surface area (Å²) in [5.74, 6) is -0.774. The van der Waals surface area contributed by atoms with Gasteiger partial charge in [0.25, 0.3) is 0 Å². The Kier molecular flexibility index (Phi) is 30.3. The number of carbonyl (C=O) groups excluding carboxylic acids is 4. The standard InChI is InChI=1S/C34H41Cl2NO5.C24H25Cl2NO.C10H18O5/c1-34(2,3)42-32(38)21-20-31(33(39)40-5)41-29-18-8-24(9-19-29)7-6-22-37(4)23-30(25-10-14-27(35)15-11-25)26-12-16-28(36)17-13-26;1-27(16-2-3-18-4-14-23(28)15-5-18)17-24(19-6-10-21(25)11-7-19)20-8-12-22(26)13-9-20;1-10(2,3)15-8(12)6-5-7(11)9(13)14-4/h8-19,30-31H,6-7,20-23H2,1-5H3;4-15,24,28H,2-3,16-17H2,1H3;7,11H,5-6H2,1-4H3. The molecule has 2 atom stereocenters. The summed E-state index contributed by atoms with van der Waals surface area (Å²) in [6.45, 7) is 14.4. The summed E-state index contributed by atoms with van der Waals surface area (Å²) in [6.07, 6.45) is 2.02. The van der Waals surface area contributed by atoms with Crippen LogP contribution in [0.15, 0.2) is 146 Å². The molecule has 6 aromatic rings. The molecule has 0 amide bonds. The van der Waals surface area contributed by atoms with Crippen LogP contribution < -0.4 is 4.74 Å². The van der Waals surface area contributed by atoms with E-state index in [1.165, 1.54) is 47.6 Å². The van der Waals surface area contributed by atoms with Gasteiger partial charge in [0.2, 0.25) is 0 Å². The quantitative estimate of drug-likeness (QED) is 0.0390. The Balaban J connectivity index is 0.000000308. The van der Waals surface area contributed by atoms with Gasteiger partial charge in [-0.2, -0.15) is 0 Å². The molecule has 6 aromatic carbocycles. The zero-order chi connectivity index (χ0) is 62.7. The maximum absolute atomic E-state index is 12.3. The molecule has 0 saturated carbocycles. The van der Waals surface area contributed by atoms with Gasteiger partial charge in [-0.25, -0.2) is 9.59 Å². The molecule has 2 N–H and O–H groups in total. The van der Waals surface area contributed by atoms with Crippen molar-refractivity contribution in [2.45, 2.75) is 128 Å². The van der Waals surface area contributed by atoms with E-state index in [0.717, 1.165) is 72.0 Å². The number of carbonyl (C=O) groups is 4. The van der Waals surface area contributed by atoms with Crippen molar-refractivity contribution in [3.63, 3.8) is 0 Å². The Bertz CT molecular complexity index is 2840. The molecule has 0 heterocycles. The molecule has 0 fully saturated rings. The average molecular weight is 1250 g/mol. The van der Waals surface area contributed by atoms with Gasteiger partial charge in [0.05, 0.1) is 14.2 Å². The molecule has 2 unspecified atom stereocenters. The highest BCUT2D eigenvalue weighted by Gasteiger charge is 2.26. The first-order valence-electron chi connectivity index (χ1n) is 28.4. The van der Waals surface area contributed by atoms with Gasteiger partial charge in [0.15, 0.2) is 12.2 Å². The van der Waals surface area contributed by atoms with Crippen LogP contribution in [0.3, 0.4) is 0 Å². The minimum atomic E-state index is -1.26. The lowest BCUT2D eigenvalue weighted by atomic mass is 9.91. The number of aliphatic hydroxyl groups is 1. The fraction of sp³-hybridized carbons (Fsp3) is 0.412. The van der Waals surface area contributed by atoms with Gasteiger partial charge in [0, 0.05) is 64.3 Å². The lowest BCUT2D eigenvalue weighted by Gasteiger charge is -2.25. The molecule has 0 aromatic heterocycles. The van der Waals surface area contributed by atoms with E-state index in [0.29, 0.717) is 11.5 Å². The summed E-state index contributed by atoms with van der Waals surface area (Å²) in [6, 6.07) is 47.4. The summed E-state index contributed by atoms with van der Waals surface area (Å²) < 4.78 is 25.4. The van der Waals surface area contributed by atoms with Crippen LogP contribution in [0.5, 0.6) is 11.5 Å². The second-order valence-corrected chi connectivity index (χ2v) is 24.5. The first-order chi connectivity index (χ1) is 40.2. The van der Waals surface area contributed by atoms with Crippen LogP contribution >= 0.6 is 46.4 Å². The number of aliphatic hydroxyl groups excluding tert-OH is 1. The van der Waals surface area contributed by atoms with Crippen molar-refractivity contribution in [3.8, 4) is 11.5 Å². The van der Waals surface area contributed by atoms with Crippen molar-refractivity contribution >= 4 is 70.3 Å². The highest BCUT2D eigenvalue weighted by molar-refractivity contribution is 6.31. The number of hydrogen-bond acceptors (Lipinski definition) is 13. The van der Waals surface area contributed by atoms with Gasteiger partial charge in [-0.1, -0.05) is 119 Å². The van der Waals surface area contributed by atoms with Gasteiger partial charge >= 0.3 is 23.9 Å². The minimum absolute atomic E-state index is 0.00641. The van der Waals surface area contributed by atoms with Gasteiger partial charge in [0.1, 0.15) is 22.7 Å². The highest BCUT2D eigenvalue weighted by Crippen LogP contribution is 2.30. The van der Waals surface area contributed by atoms with Crippen molar-refractivity contribution < 1.29 is 53.1 Å². The molecule has 0 bridgehead atoms. The zero-order valence-electron chi connectivity index (χ0n) is 50.6. The van der Waals surface area contributed by atoms with E-state index in [2.05, 4.69) is 77.2 Å². The van der Waals surface area contributed by atoms with Crippen molar-refractivity contribution in [1.29, 1.82) is 0 Å².